The second kappa shape index (κ2) is 13.1. The monoisotopic (exact) mass is 607 g/mol. The molecule has 0 aliphatic carbocycles. The van der Waals surface area contributed by atoms with Gasteiger partial charge in [-0.15, -0.1) is 24.9 Å². The summed E-state index contributed by atoms with van der Waals surface area (Å²) < 4.78 is -0.717. The highest BCUT2D eigenvalue weighted by atomic mass is 35.5. The van der Waals surface area contributed by atoms with E-state index in [1.165, 1.54) is 0 Å². The Bertz CT molecular complexity index is 1340. The second-order valence-electron chi connectivity index (χ2n) is 11.2. The van der Waals surface area contributed by atoms with Crippen molar-refractivity contribution in [3.8, 4) is 0 Å². The van der Waals surface area contributed by atoms with Gasteiger partial charge in [-0.3, -0.25) is 14.4 Å². The van der Waals surface area contributed by atoms with Crippen LogP contribution in [-0.4, -0.2) is 74.9 Å². The highest BCUT2D eigenvalue weighted by Crippen LogP contribution is 2.66. The van der Waals surface area contributed by atoms with Crippen LogP contribution >= 0.6 is 23.4 Å². The molecule has 3 fully saturated rings. The van der Waals surface area contributed by atoms with E-state index in [-0.39, 0.29) is 36.1 Å². The van der Waals surface area contributed by atoms with Gasteiger partial charge in [0.15, 0.2) is 0 Å². The first-order valence-corrected chi connectivity index (χ1v) is 15.8. The van der Waals surface area contributed by atoms with Gasteiger partial charge in [0.1, 0.15) is 6.04 Å². The fraction of sp³-hybridized carbons (Fsp3) is 0.424. The van der Waals surface area contributed by atoms with Crippen LogP contribution < -0.4 is 4.90 Å². The number of fused-ring (bicyclic) bond motifs is 1. The Balaban J connectivity index is 1.52. The first kappa shape index (κ1) is 30.4. The molecular weight excluding hydrogens is 570 g/mol. The van der Waals surface area contributed by atoms with E-state index in [1.807, 2.05) is 42.5 Å². The first-order valence-electron chi connectivity index (χ1n) is 14.6. The Morgan fingerprint density at radius 3 is 2.45 bits per heavy atom. The van der Waals surface area contributed by atoms with Crippen LogP contribution in [0.3, 0.4) is 0 Å². The number of hydrogen-bond donors (Lipinski definition) is 1. The fourth-order valence-electron chi connectivity index (χ4n) is 7.01. The fourth-order valence-corrected chi connectivity index (χ4v) is 9.45. The summed E-state index contributed by atoms with van der Waals surface area (Å²) in [6, 6.07) is 16.2. The number of thioether (sulfide) groups is 1. The summed E-state index contributed by atoms with van der Waals surface area (Å²) in [4.78, 5) is 48.4. The third-order valence-electron chi connectivity index (χ3n) is 8.72. The molecule has 3 aliphatic rings. The van der Waals surface area contributed by atoms with Crippen molar-refractivity contribution in [2.24, 2.45) is 11.8 Å². The highest BCUT2D eigenvalue weighted by molar-refractivity contribution is 8.02. The van der Waals surface area contributed by atoms with Crippen LogP contribution in [0, 0.1) is 11.8 Å². The van der Waals surface area contributed by atoms with Crippen LogP contribution in [0.1, 0.15) is 31.2 Å². The van der Waals surface area contributed by atoms with Gasteiger partial charge in [-0.05, 0) is 43.4 Å². The standard InChI is InChI=1S/C33H38ClN3O4S/c1-3-18-35(22-23-12-6-5-7-13-23)30(39)27-26-16-17-33(42-26)28(27)31(40)37(20-10-11-21-38)29(33)32(41)36(19-4-2)25-15-9-8-14-24(25)34/h3-9,12-15,26-29,38H,1-2,10-11,16-22H2/t26-,27+,28+,29?,33?/m1/s1. The molecule has 0 aromatic heterocycles. The maximum atomic E-state index is 14.6. The summed E-state index contributed by atoms with van der Waals surface area (Å²) in [5, 5.41) is 9.86. The molecule has 3 heterocycles. The molecule has 222 valence electrons. The number of halogens is 1. The van der Waals surface area contributed by atoms with E-state index < -0.39 is 22.6 Å². The number of aliphatic hydroxyl groups excluding tert-OH is 1. The molecular formula is C33H38ClN3O4S. The maximum Gasteiger partial charge on any atom is 0.251 e. The molecule has 42 heavy (non-hydrogen) atoms. The number of carbonyl (C=O) groups excluding carboxylic acids is 3. The Morgan fingerprint density at radius 2 is 1.76 bits per heavy atom. The minimum atomic E-state index is -0.750. The van der Waals surface area contributed by atoms with Gasteiger partial charge in [-0.2, -0.15) is 0 Å². The minimum absolute atomic E-state index is 0.00532. The van der Waals surface area contributed by atoms with Crippen molar-refractivity contribution in [1.82, 2.24) is 9.80 Å². The number of nitrogens with zero attached hydrogens (tertiary/aromatic N) is 3. The maximum absolute atomic E-state index is 14.6. The van der Waals surface area contributed by atoms with Crippen molar-refractivity contribution in [3.63, 3.8) is 0 Å². The smallest absolute Gasteiger partial charge is 0.251 e. The van der Waals surface area contributed by atoms with Crippen LogP contribution in [0.4, 0.5) is 5.69 Å². The molecule has 1 N–H and O–H groups in total. The van der Waals surface area contributed by atoms with Crippen molar-refractivity contribution in [3.05, 3.63) is 90.5 Å². The largest absolute Gasteiger partial charge is 0.396 e. The highest BCUT2D eigenvalue weighted by Gasteiger charge is 2.74. The van der Waals surface area contributed by atoms with Crippen LogP contribution in [-0.2, 0) is 20.9 Å². The number of likely N-dealkylation sites (tertiary alicyclic amines) is 1. The first-order chi connectivity index (χ1) is 20.4. The van der Waals surface area contributed by atoms with Crippen molar-refractivity contribution >= 4 is 46.8 Å². The summed E-state index contributed by atoms with van der Waals surface area (Å²) in [6.07, 6.45) is 5.90. The molecule has 1 spiro atoms. The number of carbonyl (C=O) groups is 3. The summed E-state index contributed by atoms with van der Waals surface area (Å²) in [6.45, 7) is 9.12. The van der Waals surface area contributed by atoms with E-state index >= 15 is 0 Å². The van der Waals surface area contributed by atoms with Crippen LogP contribution in [0.25, 0.3) is 0 Å². The molecule has 0 radical (unpaired) electrons. The van der Waals surface area contributed by atoms with Gasteiger partial charge < -0.3 is 19.8 Å². The third kappa shape index (κ3) is 5.40. The van der Waals surface area contributed by atoms with E-state index in [0.29, 0.717) is 49.6 Å². The molecule has 2 bridgehead atoms. The van der Waals surface area contributed by atoms with Crippen molar-refractivity contribution in [2.45, 2.75) is 48.3 Å². The quantitative estimate of drug-likeness (QED) is 0.258. The number of anilines is 1. The lowest BCUT2D eigenvalue weighted by Gasteiger charge is -2.37. The molecule has 2 aromatic carbocycles. The van der Waals surface area contributed by atoms with Gasteiger partial charge in [0.25, 0.3) is 5.91 Å². The molecule has 9 heteroatoms. The molecule has 5 rings (SSSR count). The average molecular weight is 608 g/mol. The van der Waals surface area contributed by atoms with E-state index in [4.69, 9.17) is 11.6 Å². The summed E-state index contributed by atoms with van der Waals surface area (Å²) in [7, 11) is 0. The molecule has 0 saturated carbocycles. The Kier molecular flexibility index (Phi) is 9.45. The lowest BCUT2D eigenvalue weighted by atomic mass is 9.70. The number of rotatable bonds is 13. The number of aliphatic hydroxyl groups is 1. The Hall–Kier alpha value is -3.07. The molecule has 5 atom stereocenters. The van der Waals surface area contributed by atoms with Crippen LogP contribution in [0.5, 0.6) is 0 Å². The molecule has 3 saturated heterocycles. The Morgan fingerprint density at radius 1 is 1.05 bits per heavy atom. The van der Waals surface area contributed by atoms with E-state index in [0.717, 1.165) is 12.0 Å². The number of hydrogen-bond acceptors (Lipinski definition) is 5. The van der Waals surface area contributed by atoms with Gasteiger partial charge in [0.05, 0.1) is 27.3 Å². The SMILES string of the molecule is C=CCN(Cc1ccccc1)C(=O)[C@@H]1[C@H]2C(=O)N(CCCCO)C(C(=O)N(CC=C)c3ccccc3Cl)C23CC[C@H]1S3. The van der Waals surface area contributed by atoms with E-state index in [2.05, 4.69) is 13.2 Å². The summed E-state index contributed by atoms with van der Waals surface area (Å²) in [5.74, 6) is -1.54. The molecule has 3 aliphatic heterocycles. The lowest BCUT2D eigenvalue weighted by Crippen LogP contribution is -2.55. The average Bonchev–Trinajstić information content (AvgIpc) is 3.64. The number of benzene rings is 2. The van der Waals surface area contributed by atoms with Crippen molar-refractivity contribution in [1.29, 1.82) is 0 Å². The summed E-state index contributed by atoms with van der Waals surface area (Å²) in [5.41, 5.74) is 1.58. The van der Waals surface area contributed by atoms with Gasteiger partial charge in [-0.1, -0.05) is 66.2 Å². The van der Waals surface area contributed by atoms with Gasteiger partial charge >= 0.3 is 0 Å². The van der Waals surface area contributed by atoms with Crippen molar-refractivity contribution in [2.75, 3.05) is 31.1 Å². The number of para-hydroxylation sites is 1. The van der Waals surface area contributed by atoms with E-state index in [9.17, 15) is 19.5 Å². The summed E-state index contributed by atoms with van der Waals surface area (Å²) >= 11 is 8.21. The van der Waals surface area contributed by atoms with E-state index in [1.54, 1.807) is 50.7 Å². The topological polar surface area (TPSA) is 81.2 Å². The second-order valence-corrected chi connectivity index (χ2v) is 13.2. The van der Waals surface area contributed by atoms with Crippen LogP contribution in [0.15, 0.2) is 79.9 Å². The molecule has 3 amide bonds. The zero-order chi connectivity index (χ0) is 29.9. The van der Waals surface area contributed by atoms with Crippen LogP contribution in [0.2, 0.25) is 5.02 Å². The minimum Gasteiger partial charge on any atom is -0.396 e. The normalized spacial score (nSPS) is 25.8. The zero-order valence-corrected chi connectivity index (χ0v) is 25.3. The Labute approximate surface area is 257 Å². The lowest BCUT2D eigenvalue weighted by molar-refractivity contribution is -0.144. The van der Waals surface area contributed by atoms with Gasteiger partial charge in [0.2, 0.25) is 11.8 Å². The van der Waals surface area contributed by atoms with Gasteiger partial charge in [-0.25, -0.2) is 0 Å². The molecule has 2 aromatic rings. The van der Waals surface area contributed by atoms with Crippen molar-refractivity contribution < 1.29 is 19.5 Å². The number of unbranched alkanes of at least 4 members (excludes halogenated alkanes) is 1. The zero-order valence-electron chi connectivity index (χ0n) is 23.7. The predicted molar refractivity (Wildman–Crippen MR) is 168 cm³/mol. The van der Waals surface area contributed by atoms with Gasteiger partial charge in [0, 0.05) is 38.0 Å². The predicted octanol–water partition coefficient (Wildman–Crippen LogP) is 4.94. The number of amides is 3. The molecule has 7 nitrogen and oxygen atoms in total. The third-order valence-corrected chi connectivity index (χ3v) is 11.0. The molecule has 2 unspecified atom stereocenters.